The van der Waals surface area contributed by atoms with Gasteiger partial charge in [-0.2, -0.15) is 0 Å². The first-order valence-corrected chi connectivity index (χ1v) is 5.40. The summed E-state index contributed by atoms with van der Waals surface area (Å²) in [5.41, 5.74) is 5.29. The minimum absolute atomic E-state index is 0.0377. The van der Waals surface area contributed by atoms with Gasteiger partial charge in [-0.1, -0.05) is 0 Å². The minimum Gasteiger partial charge on any atom is -0.481 e. The van der Waals surface area contributed by atoms with Crippen LogP contribution < -0.4 is 11.1 Å². The van der Waals surface area contributed by atoms with Crippen LogP contribution in [0.25, 0.3) is 0 Å². The van der Waals surface area contributed by atoms with Crippen LogP contribution in [0.15, 0.2) is 0 Å². The first-order chi connectivity index (χ1) is 7.93. The Balaban J connectivity index is 3.42. The molecule has 1 atom stereocenters. The third-order valence-corrected chi connectivity index (χ3v) is 2.15. The molecule has 0 saturated heterocycles. The zero-order valence-electron chi connectivity index (χ0n) is 9.52. The second-order valence-corrected chi connectivity index (χ2v) is 3.68. The average Bonchev–Trinajstić information content (AvgIpc) is 2.25. The molecule has 7 heteroatoms. The van der Waals surface area contributed by atoms with Crippen molar-refractivity contribution < 1.29 is 24.6 Å². The number of unbranched alkanes of at least 4 members (excludes halogenated alkanes) is 1. The summed E-state index contributed by atoms with van der Waals surface area (Å²) in [6, 6.07) is -0.863. The topological polar surface area (TPSA) is 130 Å². The summed E-state index contributed by atoms with van der Waals surface area (Å²) in [4.78, 5) is 31.6. The number of carboxylic acid groups (broad SMARTS) is 2. The Labute approximate surface area is 99.0 Å². The van der Waals surface area contributed by atoms with E-state index in [1.807, 2.05) is 0 Å². The molecular formula is C10H18N2O5. The van der Waals surface area contributed by atoms with Gasteiger partial charge in [0.05, 0.1) is 6.42 Å². The van der Waals surface area contributed by atoms with Crippen LogP contribution in [0.4, 0.5) is 0 Å². The second kappa shape index (κ2) is 8.51. The van der Waals surface area contributed by atoms with Crippen LogP contribution in [0.1, 0.15) is 32.1 Å². The summed E-state index contributed by atoms with van der Waals surface area (Å²) in [5, 5.41) is 19.4. The van der Waals surface area contributed by atoms with Gasteiger partial charge < -0.3 is 21.3 Å². The molecule has 0 aromatic rings. The second-order valence-electron chi connectivity index (χ2n) is 3.68. The van der Waals surface area contributed by atoms with E-state index in [4.69, 9.17) is 15.9 Å². The van der Waals surface area contributed by atoms with E-state index in [2.05, 4.69) is 5.32 Å². The third-order valence-electron chi connectivity index (χ3n) is 2.15. The van der Waals surface area contributed by atoms with Gasteiger partial charge in [0.1, 0.15) is 6.04 Å². The monoisotopic (exact) mass is 246 g/mol. The van der Waals surface area contributed by atoms with Gasteiger partial charge in [-0.25, -0.2) is 0 Å². The summed E-state index contributed by atoms with van der Waals surface area (Å²) >= 11 is 0. The summed E-state index contributed by atoms with van der Waals surface area (Å²) in [5.74, 6) is -2.35. The predicted molar refractivity (Wildman–Crippen MR) is 59.3 cm³/mol. The van der Waals surface area contributed by atoms with Crippen molar-refractivity contribution in [3.63, 3.8) is 0 Å². The first kappa shape index (κ1) is 15.4. The van der Waals surface area contributed by atoms with Gasteiger partial charge in [-0.05, 0) is 19.3 Å². The van der Waals surface area contributed by atoms with Gasteiger partial charge in [-0.3, -0.25) is 14.4 Å². The molecule has 17 heavy (non-hydrogen) atoms. The molecule has 5 N–H and O–H groups in total. The number of hydrogen-bond donors (Lipinski definition) is 4. The average molecular weight is 246 g/mol. The van der Waals surface area contributed by atoms with Crippen LogP contribution >= 0.6 is 0 Å². The molecule has 0 aliphatic rings. The zero-order valence-corrected chi connectivity index (χ0v) is 9.52. The lowest BCUT2D eigenvalue weighted by molar-refractivity contribution is -0.139. The largest absolute Gasteiger partial charge is 0.481 e. The fourth-order valence-corrected chi connectivity index (χ4v) is 1.15. The fourth-order valence-electron chi connectivity index (χ4n) is 1.15. The molecule has 0 radical (unpaired) electrons. The number of carbonyl (C=O) groups is 3. The van der Waals surface area contributed by atoms with Crippen LogP contribution in [0.5, 0.6) is 0 Å². The fraction of sp³-hybridized carbons (Fsp3) is 0.700. The predicted octanol–water partition coefficient (Wildman–Crippen LogP) is -0.450. The smallest absolute Gasteiger partial charge is 0.320 e. The molecule has 0 aliphatic heterocycles. The molecule has 98 valence electrons. The molecule has 0 fully saturated rings. The zero-order chi connectivity index (χ0) is 13.3. The Kier molecular flexibility index (Phi) is 7.70. The highest BCUT2D eigenvalue weighted by molar-refractivity contribution is 5.80. The normalized spacial score (nSPS) is 11.8. The van der Waals surface area contributed by atoms with Crippen molar-refractivity contribution in [2.45, 2.75) is 38.1 Å². The molecule has 1 amide bonds. The Morgan fingerprint density at radius 2 is 1.76 bits per heavy atom. The molecule has 0 rings (SSSR count). The highest BCUT2D eigenvalue weighted by Crippen LogP contribution is 1.98. The minimum atomic E-state index is -1.03. The van der Waals surface area contributed by atoms with E-state index < -0.39 is 18.0 Å². The standard InChI is InChI=1S/C10H18N2O5/c11-7(10(16)17)3-1-2-6-12-8(13)4-5-9(14)15/h7H,1-6,11H2,(H,12,13)(H,14,15)(H,16,17). The molecule has 7 nitrogen and oxygen atoms in total. The van der Waals surface area contributed by atoms with Crippen LogP contribution in [0, 0.1) is 0 Å². The van der Waals surface area contributed by atoms with E-state index in [0.29, 0.717) is 25.8 Å². The Morgan fingerprint density at radius 1 is 1.12 bits per heavy atom. The lowest BCUT2D eigenvalue weighted by Gasteiger charge is -2.06. The Morgan fingerprint density at radius 3 is 2.29 bits per heavy atom. The van der Waals surface area contributed by atoms with E-state index in [1.54, 1.807) is 0 Å². The number of carboxylic acids is 2. The maximum Gasteiger partial charge on any atom is 0.320 e. The third kappa shape index (κ3) is 9.31. The molecule has 0 saturated carbocycles. The van der Waals surface area contributed by atoms with Crippen molar-refractivity contribution in [3.05, 3.63) is 0 Å². The van der Waals surface area contributed by atoms with Gasteiger partial charge in [0.25, 0.3) is 0 Å². The van der Waals surface area contributed by atoms with E-state index in [0.717, 1.165) is 0 Å². The van der Waals surface area contributed by atoms with Gasteiger partial charge in [0.15, 0.2) is 0 Å². The van der Waals surface area contributed by atoms with Crippen molar-refractivity contribution in [1.29, 1.82) is 0 Å². The van der Waals surface area contributed by atoms with Crippen LogP contribution in [-0.2, 0) is 14.4 Å². The number of carbonyl (C=O) groups excluding carboxylic acids is 1. The van der Waals surface area contributed by atoms with Crippen LogP contribution in [0.2, 0.25) is 0 Å². The SMILES string of the molecule is NC(CCCCNC(=O)CCC(=O)O)C(=O)O. The number of rotatable bonds is 9. The molecule has 0 bridgehead atoms. The number of amides is 1. The van der Waals surface area contributed by atoms with Gasteiger partial charge in [0, 0.05) is 13.0 Å². The van der Waals surface area contributed by atoms with E-state index in [9.17, 15) is 14.4 Å². The van der Waals surface area contributed by atoms with Crippen molar-refractivity contribution in [2.24, 2.45) is 5.73 Å². The molecule has 0 heterocycles. The molecule has 0 aliphatic carbocycles. The summed E-state index contributed by atoms with van der Waals surface area (Å²) in [6.07, 6.45) is 1.37. The van der Waals surface area contributed by atoms with E-state index in [1.165, 1.54) is 0 Å². The number of nitrogens with two attached hydrogens (primary N) is 1. The quantitative estimate of drug-likeness (QED) is 0.408. The lowest BCUT2D eigenvalue weighted by Crippen LogP contribution is -2.30. The van der Waals surface area contributed by atoms with Gasteiger partial charge in [-0.15, -0.1) is 0 Å². The number of aliphatic carboxylic acids is 2. The van der Waals surface area contributed by atoms with Crippen molar-refractivity contribution >= 4 is 17.8 Å². The first-order valence-electron chi connectivity index (χ1n) is 5.40. The summed E-state index contributed by atoms with van der Waals surface area (Å²) in [7, 11) is 0. The Hall–Kier alpha value is -1.63. The summed E-state index contributed by atoms with van der Waals surface area (Å²) < 4.78 is 0. The lowest BCUT2D eigenvalue weighted by atomic mass is 10.1. The molecule has 0 aromatic carbocycles. The van der Waals surface area contributed by atoms with Crippen LogP contribution in [0.3, 0.4) is 0 Å². The van der Waals surface area contributed by atoms with Crippen molar-refractivity contribution in [2.75, 3.05) is 6.54 Å². The van der Waals surface area contributed by atoms with Crippen molar-refractivity contribution in [1.82, 2.24) is 5.32 Å². The summed E-state index contributed by atoms with van der Waals surface area (Å²) in [6.45, 7) is 0.408. The highest BCUT2D eigenvalue weighted by Gasteiger charge is 2.10. The van der Waals surface area contributed by atoms with E-state index >= 15 is 0 Å². The van der Waals surface area contributed by atoms with Gasteiger partial charge >= 0.3 is 11.9 Å². The molecule has 1 unspecified atom stereocenters. The van der Waals surface area contributed by atoms with Crippen LogP contribution in [-0.4, -0.2) is 40.6 Å². The number of hydrogen-bond acceptors (Lipinski definition) is 4. The maximum atomic E-state index is 11.1. The molecular weight excluding hydrogens is 228 g/mol. The highest BCUT2D eigenvalue weighted by atomic mass is 16.4. The maximum absolute atomic E-state index is 11.1. The Bertz CT molecular complexity index is 280. The van der Waals surface area contributed by atoms with E-state index in [-0.39, 0.29) is 18.7 Å². The molecule has 0 spiro atoms. The molecule has 0 aromatic heterocycles. The van der Waals surface area contributed by atoms with Crippen molar-refractivity contribution in [3.8, 4) is 0 Å². The van der Waals surface area contributed by atoms with Gasteiger partial charge in [0.2, 0.25) is 5.91 Å². The number of nitrogens with one attached hydrogen (secondary N) is 1.